The van der Waals surface area contributed by atoms with Crippen LogP contribution in [0, 0.1) is 17.6 Å². The molecule has 1 aliphatic carbocycles. The van der Waals surface area contributed by atoms with Crippen molar-refractivity contribution in [3.8, 4) is 0 Å². The van der Waals surface area contributed by atoms with E-state index in [1.54, 1.807) is 0 Å². The molecule has 1 unspecified atom stereocenters. The summed E-state index contributed by atoms with van der Waals surface area (Å²) in [5.41, 5.74) is 0.501. The maximum Gasteiger partial charge on any atom is 0.313 e. The van der Waals surface area contributed by atoms with Crippen molar-refractivity contribution in [1.29, 1.82) is 0 Å². The lowest BCUT2D eigenvalue weighted by Crippen LogP contribution is -2.19. The van der Waals surface area contributed by atoms with Gasteiger partial charge in [0.15, 0.2) is 11.6 Å². The van der Waals surface area contributed by atoms with Crippen LogP contribution in [0.2, 0.25) is 0 Å². The second-order valence-electron chi connectivity index (χ2n) is 5.49. The lowest BCUT2D eigenvalue weighted by Gasteiger charge is -2.25. The molecule has 20 heavy (non-hydrogen) atoms. The van der Waals surface area contributed by atoms with Crippen molar-refractivity contribution in [2.24, 2.45) is 5.92 Å². The van der Waals surface area contributed by atoms with Gasteiger partial charge in [0, 0.05) is 0 Å². The summed E-state index contributed by atoms with van der Waals surface area (Å²) in [5, 5.41) is 0. The minimum atomic E-state index is -0.917. The molecule has 110 valence electrons. The molecule has 2 nitrogen and oxygen atoms in total. The second-order valence-corrected chi connectivity index (χ2v) is 5.49. The fraction of sp³-hybridized carbons (Fsp3) is 0.562. The monoisotopic (exact) mass is 282 g/mol. The Hall–Kier alpha value is -1.45. The SMILES string of the molecule is COC(=O)C(CC1CCCCC1)c1ccc(F)c(F)c1. The maximum atomic E-state index is 13.4. The van der Waals surface area contributed by atoms with E-state index >= 15 is 0 Å². The molecule has 0 bridgehead atoms. The Balaban J connectivity index is 2.17. The number of carbonyl (C=O) groups excluding carboxylic acids is 1. The van der Waals surface area contributed by atoms with Crippen molar-refractivity contribution in [3.05, 3.63) is 35.4 Å². The van der Waals surface area contributed by atoms with Crippen LogP contribution in [-0.2, 0) is 9.53 Å². The topological polar surface area (TPSA) is 26.3 Å². The van der Waals surface area contributed by atoms with Gasteiger partial charge in [-0.3, -0.25) is 4.79 Å². The van der Waals surface area contributed by atoms with Crippen LogP contribution in [0.4, 0.5) is 8.78 Å². The molecule has 0 spiro atoms. The number of esters is 1. The zero-order valence-corrected chi connectivity index (χ0v) is 11.7. The van der Waals surface area contributed by atoms with Crippen LogP contribution in [0.3, 0.4) is 0 Å². The molecule has 1 aliphatic rings. The van der Waals surface area contributed by atoms with Crippen LogP contribution < -0.4 is 0 Å². The minimum absolute atomic E-state index is 0.374. The number of hydrogen-bond acceptors (Lipinski definition) is 2. The highest BCUT2D eigenvalue weighted by Gasteiger charge is 2.27. The van der Waals surface area contributed by atoms with Crippen LogP contribution in [0.15, 0.2) is 18.2 Å². The van der Waals surface area contributed by atoms with Crippen LogP contribution in [-0.4, -0.2) is 13.1 Å². The zero-order chi connectivity index (χ0) is 14.5. The molecular formula is C16H20F2O2. The fourth-order valence-corrected chi connectivity index (χ4v) is 3.00. The molecule has 1 atom stereocenters. The summed E-state index contributed by atoms with van der Waals surface area (Å²) in [6.07, 6.45) is 6.43. The summed E-state index contributed by atoms with van der Waals surface area (Å²) in [7, 11) is 1.33. The molecule has 1 aromatic carbocycles. The van der Waals surface area contributed by atoms with Gasteiger partial charge < -0.3 is 4.74 Å². The van der Waals surface area contributed by atoms with E-state index in [0.717, 1.165) is 25.0 Å². The van der Waals surface area contributed by atoms with Crippen molar-refractivity contribution in [3.63, 3.8) is 0 Å². The molecule has 0 heterocycles. The van der Waals surface area contributed by atoms with Crippen molar-refractivity contribution >= 4 is 5.97 Å². The Kier molecular flexibility index (Phi) is 5.10. The van der Waals surface area contributed by atoms with Crippen molar-refractivity contribution in [2.45, 2.75) is 44.4 Å². The Morgan fingerprint density at radius 3 is 2.55 bits per heavy atom. The third-order valence-corrected chi connectivity index (χ3v) is 4.13. The molecule has 0 amide bonds. The van der Waals surface area contributed by atoms with Gasteiger partial charge in [-0.05, 0) is 30.0 Å². The maximum absolute atomic E-state index is 13.4. The Bertz CT molecular complexity index is 468. The first-order chi connectivity index (χ1) is 9.61. The summed E-state index contributed by atoms with van der Waals surface area (Å²) in [6.45, 7) is 0. The smallest absolute Gasteiger partial charge is 0.313 e. The molecule has 0 N–H and O–H groups in total. The van der Waals surface area contributed by atoms with E-state index in [1.807, 2.05) is 0 Å². The molecule has 0 radical (unpaired) electrons. The van der Waals surface area contributed by atoms with Gasteiger partial charge in [0.25, 0.3) is 0 Å². The highest BCUT2D eigenvalue weighted by molar-refractivity contribution is 5.78. The molecule has 0 aliphatic heterocycles. The average Bonchev–Trinajstić information content (AvgIpc) is 2.48. The predicted molar refractivity (Wildman–Crippen MR) is 72.3 cm³/mol. The molecule has 1 saturated carbocycles. The number of benzene rings is 1. The quantitative estimate of drug-likeness (QED) is 0.774. The highest BCUT2D eigenvalue weighted by atomic mass is 19.2. The van der Waals surface area contributed by atoms with Crippen molar-refractivity contribution < 1.29 is 18.3 Å². The fourth-order valence-electron chi connectivity index (χ4n) is 3.00. The van der Waals surface area contributed by atoms with E-state index in [2.05, 4.69) is 0 Å². The van der Waals surface area contributed by atoms with Gasteiger partial charge in [0.05, 0.1) is 13.0 Å². The number of hydrogen-bond donors (Lipinski definition) is 0. The molecule has 0 saturated heterocycles. The lowest BCUT2D eigenvalue weighted by molar-refractivity contribution is -0.143. The van der Waals surface area contributed by atoms with Crippen molar-refractivity contribution in [1.82, 2.24) is 0 Å². The third kappa shape index (κ3) is 3.56. The standard InChI is InChI=1S/C16H20F2O2/c1-20-16(19)13(9-11-5-3-2-4-6-11)12-7-8-14(17)15(18)10-12/h7-8,10-11,13H,2-6,9H2,1H3. The summed E-state index contributed by atoms with van der Waals surface area (Å²) < 4.78 is 31.2. The molecule has 1 fully saturated rings. The van der Waals surface area contributed by atoms with Crippen LogP contribution in [0.5, 0.6) is 0 Å². The van der Waals surface area contributed by atoms with Gasteiger partial charge in [0.1, 0.15) is 0 Å². The lowest BCUT2D eigenvalue weighted by atomic mass is 9.80. The summed E-state index contributed by atoms with van der Waals surface area (Å²) >= 11 is 0. The van der Waals surface area contributed by atoms with E-state index in [1.165, 1.54) is 32.4 Å². The summed E-state index contributed by atoms with van der Waals surface area (Å²) in [6, 6.07) is 3.66. The number of halogens is 2. The Morgan fingerprint density at radius 1 is 1.25 bits per heavy atom. The first kappa shape index (κ1) is 14.9. The zero-order valence-electron chi connectivity index (χ0n) is 11.7. The van der Waals surface area contributed by atoms with E-state index in [0.29, 0.717) is 17.9 Å². The van der Waals surface area contributed by atoms with Crippen molar-refractivity contribution in [2.75, 3.05) is 7.11 Å². The van der Waals surface area contributed by atoms with Crippen LogP contribution in [0.25, 0.3) is 0 Å². The van der Waals surface area contributed by atoms with Gasteiger partial charge in [0.2, 0.25) is 0 Å². The largest absolute Gasteiger partial charge is 0.469 e. The van der Waals surface area contributed by atoms with E-state index < -0.39 is 17.6 Å². The van der Waals surface area contributed by atoms with Gasteiger partial charge >= 0.3 is 5.97 Å². The van der Waals surface area contributed by atoms with Gasteiger partial charge in [-0.1, -0.05) is 38.2 Å². The van der Waals surface area contributed by atoms with E-state index in [-0.39, 0.29) is 5.97 Å². The van der Waals surface area contributed by atoms with E-state index in [9.17, 15) is 13.6 Å². The van der Waals surface area contributed by atoms with Gasteiger partial charge in [-0.15, -0.1) is 0 Å². The number of carbonyl (C=O) groups is 1. The van der Waals surface area contributed by atoms with Gasteiger partial charge in [-0.2, -0.15) is 0 Å². The summed E-state index contributed by atoms with van der Waals surface area (Å²) in [5.74, 6) is -2.23. The van der Waals surface area contributed by atoms with Gasteiger partial charge in [-0.25, -0.2) is 8.78 Å². The minimum Gasteiger partial charge on any atom is -0.469 e. The molecular weight excluding hydrogens is 262 g/mol. The average molecular weight is 282 g/mol. The van der Waals surface area contributed by atoms with Crippen LogP contribution >= 0.6 is 0 Å². The van der Waals surface area contributed by atoms with E-state index in [4.69, 9.17) is 4.74 Å². The first-order valence-electron chi connectivity index (χ1n) is 7.14. The number of rotatable bonds is 4. The number of methoxy groups -OCH3 is 1. The molecule has 4 heteroatoms. The number of ether oxygens (including phenoxy) is 1. The second kappa shape index (κ2) is 6.82. The molecule has 1 aromatic rings. The highest BCUT2D eigenvalue weighted by Crippen LogP contribution is 2.34. The normalized spacial score (nSPS) is 17.8. The third-order valence-electron chi connectivity index (χ3n) is 4.13. The first-order valence-corrected chi connectivity index (χ1v) is 7.14. The Labute approximate surface area is 118 Å². The molecule has 2 rings (SSSR count). The molecule has 0 aromatic heterocycles. The summed E-state index contributed by atoms with van der Waals surface area (Å²) in [4.78, 5) is 11.9. The van der Waals surface area contributed by atoms with Crippen LogP contribution in [0.1, 0.15) is 50.0 Å². The Morgan fingerprint density at radius 2 is 1.95 bits per heavy atom. The predicted octanol–water partition coefficient (Wildman–Crippen LogP) is 4.19.